The molecule has 25 heavy (non-hydrogen) atoms. The van der Waals surface area contributed by atoms with Crippen LogP contribution in [0.2, 0.25) is 0 Å². The zero-order valence-electron chi connectivity index (χ0n) is 16.1. The van der Waals surface area contributed by atoms with Gasteiger partial charge in [-0.25, -0.2) is 4.79 Å². The number of hydrogen-bond acceptors (Lipinski definition) is 4. The van der Waals surface area contributed by atoms with Crippen molar-refractivity contribution in [2.75, 3.05) is 7.11 Å². The molecule has 2 bridgehead atoms. The highest BCUT2D eigenvalue weighted by Gasteiger charge is 2.63. The zero-order valence-corrected chi connectivity index (χ0v) is 16.1. The molecule has 5 atom stereocenters. The molecule has 4 nitrogen and oxygen atoms in total. The van der Waals surface area contributed by atoms with E-state index in [9.17, 15) is 4.79 Å². The van der Waals surface area contributed by atoms with E-state index in [1.165, 1.54) is 5.57 Å². The number of allylic oxidation sites excluding steroid dienone is 1. The van der Waals surface area contributed by atoms with Crippen LogP contribution in [0.15, 0.2) is 22.8 Å². The van der Waals surface area contributed by atoms with E-state index in [1.807, 2.05) is 6.92 Å². The third-order valence-corrected chi connectivity index (χ3v) is 7.48. The summed E-state index contributed by atoms with van der Waals surface area (Å²) in [6.07, 6.45) is 8.49. The van der Waals surface area contributed by atoms with Crippen molar-refractivity contribution in [1.82, 2.24) is 0 Å². The number of ether oxygens (including phenoxy) is 3. The van der Waals surface area contributed by atoms with Crippen molar-refractivity contribution >= 4 is 5.97 Å². The lowest BCUT2D eigenvalue weighted by molar-refractivity contribution is -0.193. The number of esters is 1. The van der Waals surface area contributed by atoms with Crippen LogP contribution in [-0.4, -0.2) is 30.6 Å². The van der Waals surface area contributed by atoms with Crippen LogP contribution >= 0.6 is 0 Å². The van der Waals surface area contributed by atoms with E-state index in [1.54, 1.807) is 7.11 Å². The molecule has 0 aromatic rings. The molecule has 4 rings (SSSR count). The van der Waals surface area contributed by atoms with Crippen molar-refractivity contribution < 1.29 is 19.0 Å². The van der Waals surface area contributed by atoms with E-state index in [0.717, 1.165) is 43.3 Å². The van der Waals surface area contributed by atoms with Gasteiger partial charge in [0, 0.05) is 24.7 Å². The first kappa shape index (κ1) is 17.3. The molecule has 0 amide bonds. The first-order valence-corrected chi connectivity index (χ1v) is 9.56. The fourth-order valence-electron chi connectivity index (χ4n) is 5.95. The summed E-state index contributed by atoms with van der Waals surface area (Å²) in [6.45, 7) is 8.65. The maximum Gasteiger partial charge on any atom is 0.336 e. The smallest absolute Gasteiger partial charge is 0.336 e. The Balaban J connectivity index is 1.83. The number of carbonyl (C=O) groups excluding carboxylic acids is 1. The second-order valence-corrected chi connectivity index (χ2v) is 8.94. The minimum atomic E-state index is -0.932. The molecule has 2 fully saturated rings. The summed E-state index contributed by atoms with van der Waals surface area (Å²) in [4.78, 5) is 12.4. The van der Waals surface area contributed by atoms with E-state index >= 15 is 0 Å². The Bertz CT molecular complexity index is 677. The summed E-state index contributed by atoms with van der Waals surface area (Å²) in [7, 11) is 1.66. The van der Waals surface area contributed by atoms with Gasteiger partial charge >= 0.3 is 5.97 Å². The van der Waals surface area contributed by atoms with Crippen molar-refractivity contribution in [3.63, 3.8) is 0 Å². The van der Waals surface area contributed by atoms with Crippen LogP contribution in [0.5, 0.6) is 0 Å². The molecule has 3 heterocycles. The lowest BCUT2D eigenvalue weighted by Gasteiger charge is -2.44. The maximum absolute atomic E-state index is 12.4. The summed E-state index contributed by atoms with van der Waals surface area (Å²) in [6, 6.07) is 0. The Hall–Kier alpha value is -1.13. The first-order chi connectivity index (χ1) is 11.7. The lowest BCUT2D eigenvalue weighted by atomic mass is 9.58. The van der Waals surface area contributed by atoms with Crippen molar-refractivity contribution in [1.29, 1.82) is 0 Å². The van der Waals surface area contributed by atoms with Gasteiger partial charge < -0.3 is 14.2 Å². The molecule has 138 valence electrons. The van der Waals surface area contributed by atoms with Gasteiger partial charge in [0.05, 0.1) is 11.7 Å². The highest BCUT2D eigenvalue weighted by Crippen LogP contribution is 2.62. The Kier molecular flexibility index (Phi) is 3.76. The molecule has 0 radical (unpaired) electrons. The molecule has 3 aliphatic heterocycles. The maximum atomic E-state index is 12.4. The van der Waals surface area contributed by atoms with Gasteiger partial charge in [-0.15, -0.1) is 0 Å². The number of rotatable bonds is 1. The van der Waals surface area contributed by atoms with Gasteiger partial charge in [-0.05, 0) is 64.2 Å². The predicted octanol–water partition coefficient (Wildman–Crippen LogP) is 4.30. The van der Waals surface area contributed by atoms with E-state index < -0.39 is 5.79 Å². The monoisotopic (exact) mass is 346 g/mol. The summed E-state index contributed by atoms with van der Waals surface area (Å²) in [5, 5.41) is 0. The second kappa shape index (κ2) is 5.43. The van der Waals surface area contributed by atoms with Crippen LogP contribution in [-0.2, 0) is 19.0 Å². The summed E-state index contributed by atoms with van der Waals surface area (Å²) in [5.41, 5.74) is 3.02. The average Bonchev–Trinajstić information content (AvgIpc) is 3.12. The van der Waals surface area contributed by atoms with Crippen LogP contribution in [0.1, 0.15) is 66.2 Å². The van der Waals surface area contributed by atoms with Crippen LogP contribution in [0.4, 0.5) is 0 Å². The molecule has 4 heteroatoms. The molecule has 2 saturated heterocycles. The Morgan fingerprint density at radius 2 is 2.00 bits per heavy atom. The average molecular weight is 346 g/mol. The first-order valence-electron chi connectivity index (χ1n) is 9.56. The topological polar surface area (TPSA) is 44.8 Å². The van der Waals surface area contributed by atoms with E-state index in [2.05, 4.69) is 26.8 Å². The largest absolute Gasteiger partial charge is 0.425 e. The summed E-state index contributed by atoms with van der Waals surface area (Å²) < 4.78 is 18.1. The van der Waals surface area contributed by atoms with Crippen molar-refractivity contribution in [3.8, 4) is 0 Å². The molecule has 0 spiro atoms. The van der Waals surface area contributed by atoms with Crippen LogP contribution in [0.3, 0.4) is 0 Å². The minimum absolute atomic E-state index is 0.101. The molecule has 0 saturated carbocycles. The highest BCUT2D eigenvalue weighted by molar-refractivity contribution is 5.92. The number of methoxy groups -OCH3 is 1. The molecule has 0 N–H and O–H groups in total. The molecular weight excluding hydrogens is 316 g/mol. The van der Waals surface area contributed by atoms with E-state index in [-0.39, 0.29) is 17.0 Å². The summed E-state index contributed by atoms with van der Waals surface area (Å²) >= 11 is 0. The van der Waals surface area contributed by atoms with Crippen LogP contribution in [0.25, 0.3) is 0 Å². The van der Waals surface area contributed by atoms with Gasteiger partial charge in [0.2, 0.25) is 5.79 Å². The normalized spacial score (nSPS) is 48.7. The van der Waals surface area contributed by atoms with Crippen LogP contribution < -0.4 is 0 Å². The third-order valence-electron chi connectivity index (χ3n) is 7.48. The minimum Gasteiger partial charge on any atom is -0.425 e. The predicted molar refractivity (Wildman–Crippen MR) is 94.9 cm³/mol. The number of hydrogen-bond donors (Lipinski definition) is 0. The third kappa shape index (κ3) is 2.30. The molecule has 0 aromatic heterocycles. The fraction of sp³-hybridized carbons (Fsp3) is 0.762. The van der Waals surface area contributed by atoms with E-state index in [0.29, 0.717) is 18.4 Å². The van der Waals surface area contributed by atoms with Gasteiger partial charge in [0.15, 0.2) is 0 Å². The summed E-state index contributed by atoms with van der Waals surface area (Å²) in [5.74, 6) is -0.780. The Labute approximate surface area is 150 Å². The molecule has 1 aliphatic carbocycles. The quantitative estimate of drug-likeness (QED) is 0.525. The standard InChI is InChI=1S/C21H30O4/c1-13-7-6-9-19(3)16(20(4)10-8-17(19)24-20)11-15-14(2)18(22)25-21(15,12-13)23-5/h7,16-17H,6,8-12H2,1-5H3/b13-7+/t16-,17-,19-,20+,21+/m1/s1. The Morgan fingerprint density at radius 1 is 1.24 bits per heavy atom. The lowest BCUT2D eigenvalue weighted by Crippen LogP contribution is -2.45. The van der Waals surface area contributed by atoms with Crippen molar-refractivity contribution in [2.24, 2.45) is 11.3 Å². The van der Waals surface area contributed by atoms with Crippen LogP contribution in [0, 0.1) is 11.3 Å². The second-order valence-electron chi connectivity index (χ2n) is 8.94. The van der Waals surface area contributed by atoms with Crippen molar-refractivity contribution in [3.05, 3.63) is 22.8 Å². The van der Waals surface area contributed by atoms with Crippen molar-refractivity contribution in [2.45, 2.75) is 83.7 Å². The molecule has 4 aliphatic rings. The van der Waals surface area contributed by atoms with Gasteiger partial charge in [0.1, 0.15) is 0 Å². The van der Waals surface area contributed by atoms with Gasteiger partial charge in [0.25, 0.3) is 0 Å². The number of carbonyl (C=O) groups is 1. The Morgan fingerprint density at radius 3 is 2.72 bits per heavy atom. The molecule has 0 unspecified atom stereocenters. The van der Waals surface area contributed by atoms with Gasteiger partial charge in [-0.3, -0.25) is 0 Å². The molecular formula is C21H30O4. The highest BCUT2D eigenvalue weighted by atomic mass is 16.7. The number of fused-ring (bicyclic) bond motifs is 6. The SMILES string of the molecule is CO[C@]12C/C(C)=C/CC[C@]3(C)[C@@H](CC1=C(C)C(=O)O2)[C@]1(C)CC[C@H]3O1. The van der Waals surface area contributed by atoms with E-state index in [4.69, 9.17) is 14.2 Å². The van der Waals surface area contributed by atoms with Gasteiger partial charge in [-0.2, -0.15) is 0 Å². The molecule has 0 aromatic carbocycles. The van der Waals surface area contributed by atoms with Gasteiger partial charge in [-0.1, -0.05) is 18.6 Å². The fourth-order valence-corrected chi connectivity index (χ4v) is 5.95. The zero-order chi connectivity index (χ0) is 18.0.